The molecule has 0 saturated carbocycles. The molecule has 0 aliphatic heterocycles. The van der Waals surface area contributed by atoms with Gasteiger partial charge in [-0.05, 0) is 46.5 Å². The van der Waals surface area contributed by atoms with Gasteiger partial charge in [-0.3, -0.25) is 4.98 Å². The largest absolute Gasteiger partial charge is 0.457 e. The van der Waals surface area contributed by atoms with E-state index in [-0.39, 0.29) is 0 Å². The van der Waals surface area contributed by atoms with E-state index in [1.54, 1.807) is 0 Å². The second kappa shape index (κ2) is 6.58. The molecule has 1 heterocycles. The number of ether oxygens (including phenoxy) is 1. The van der Waals surface area contributed by atoms with E-state index in [9.17, 15) is 0 Å². The molecule has 5 aromatic rings. The van der Waals surface area contributed by atoms with Crippen molar-refractivity contribution in [2.75, 3.05) is 0 Å². The van der Waals surface area contributed by atoms with Gasteiger partial charge in [0.05, 0.1) is 5.69 Å². The molecule has 2 heteroatoms. The average Bonchev–Trinajstić information content (AvgIpc) is 2.74. The minimum absolute atomic E-state index is 0.804. The van der Waals surface area contributed by atoms with Crippen LogP contribution in [-0.4, -0.2) is 4.98 Å². The van der Waals surface area contributed by atoms with E-state index in [0.29, 0.717) is 0 Å². The van der Waals surface area contributed by atoms with Crippen molar-refractivity contribution in [2.45, 2.75) is 0 Å². The van der Waals surface area contributed by atoms with Gasteiger partial charge in [0.25, 0.3) is 0 Å². The van der Waals surface area contributed by atoms with Gasteiger partial charge in [0.15, 0.2) is 0 Å². The van der Waals surface area contributed by atoms with Crippen LogP contribution in [0, 0.1) is 0 Å². The molecule has 0 atom stereocenters. The van der Waals surface area contributed by atoms with Gasteiger partial charge in [0, 0.05) is 17.1 Å². The van der Waals surface area contributed by atoms with Crippen LogP contribution in [0.15, 0.2) is 103 Å². The van der Waals surface area contributed by atoms with Crippen molar-refractivity contribution >= 4 is 21.5 Å². The van der Waals surface area contributed by atoms with E-state index in [4.69, 9.17) is 4.74 Å². The van der Waals surface area contributed by atoms with Crippen LogP contribution in [0.4, 0.5) is 0 Å². The first-order valence-corrected chi connectivity index (χ1v) is 8.98. The molecular weight excluding hydrogens is 330 g/mol. The number of fused-ring (bicyclic) bond motifs is 3. The molecule has 2 nitrogen and oxygen atoms in total. The summed E-state index contributed by atoms with van der Waals surface area (Å²) in [5, 5.41) is 4.85. The highest BCUT2D eigenvalue weighted by Gasteiger charge is 2.09. The maximum absolute atomic E-state index is 6.00. The molecule has 0 unspecified atom stereocenters. The lowest BCUT2D eigenvalue weighted by molar-refractivity contribution is 0.483. The monoisotopic (exact) mass is 347 g/mol. The maximum Gasteiger partial charge on any atom is 0.128 e. The van der Waals surface area contributed by atoms with E-state index in [1.807, 2.05) is 54.7 Å². The van der Waals surface area contributed by atoms with Gasteiger partial charge in [0.1, 0.15) is 11.5 Å². The fourth-order valence-electron chi connectivity index (χ4n) is 3.50. The molecule has 5 rings (SSSR count). The van der Waals surface area contributed by atoms with Crippen LogP contribution in [0.5, 0.6) is 11.5 Å². The summed E-state index contributed by atoms with van der Waals surface area (Å²) >= 11 is 0. The number of nitrogens with zero attached hydrogens (tertiary/aromatic N) is 1. The molecule has 0 spiro atoms. The lowest BCUT2D eigenvalue weighted by Gasteiger charge is -2.10. The van der Waals surface area contributed by atoms with Crippen molar-refractivity contribution in [3.8, 4) is 22.8 Å². The number of pyridine rings is 1. The van der Waals surface area contributed by atoms with Crippen molar-refractivity contribution in [3.05, 3.63) is 103 Å². The molecule has 27 heavy (non-hydrogen) atoms. The normalized spacial score (nSPS) is 11.0. The number of hydrogen-bond donors (Lipinski definition) is 0. The predicted molar refractivity (Wildman–Crippen MR) is 111 cm³/mol. The molecule has 0 aliphatic rings. The van der Waals surface area contributed by atoms with E-state index in [0.717, 1.165) is 28.1 Å². The van der Waals surface area contributed by atoms with Crippen molar-refractivity contribution in [1.29, 1.82) is 0 Å². The van der Waals surface area contributed by atoms with Crippen molar-refractivity contribution in [2.24, 2.45) is 0 Å². The van der Waals surface area contributed by atoms with Crippen LogP contribution in [0.1, 0.15) is 0 Å². The van der Waals surface area contributed by atoms with E-state index in [2.05, 4.69) is 53.5 Å². The molecule has 1 aromatic heterocycles. The number of para-hydroxylation sites is 1. The highest BCUT2D eigenvalue weighted by atomic mass is 16.5. The molecule has 0 radical (unpaired) electrons. The fraction of sp³-hybridized carbons (Fsp3) is 0. The summed E-state index contributed by atoms with van der Waals surface area (Å²) in [7, 11) is 0. The molecule has 128 valence electrons. The van der Waals surface area contributed by atoms with Gasteiger partial charge < -0.3 is 4.74 Å². The SMILES string of the molecule is c1ccc(Oc2cccc(-c3nccc4c3ccc3ccccc34)c2)cc1. The zero-order valence-corrected chi connectivity index (χ0v) is 14.7. The molecule has 0 fully saturated rings. The maximum atomic E-state index is 6.00. The standard InChI is InChI=1S/C25H17NO/c1-2-9-20(10-3-1)27-21-11-6-8-19(17-21)25-24-14-13-18-7-4-5-12-22(18)23(24)15-16-26-25/h1-17H. The zero-order chi connectivity index (χ0) is 18.1. The number of rotatable bonds is 3. The van der Waals surface area contributed by atoms with Gasteiger partial charge in [0.2, 0.25) is 0 Å². The topological polar surface area (TPSA) is 22.1 Å². The second-order valence-corrected chi connectivity index (χ2v) is 6.48. The lowest BCUT2D eigenvalue weighted by atomic mass is 9.99. The van der Waals surface area contributed by atoms with E-state index in [1.165, 1.54) is 16.2 Å². The molecule has 0 N–H and O–H groups in total. The third-order valence-electron chi connectivity index (χ3n) is 4.76. The third-order valence-corrected chi connectivity index (χ3v) is 4.76. The minimum Gasteiger partial charge on any atom is -0.457 e. The quantitative estimate of drug-likeness (QED) is 0.333. The highest BCUT2D eigenvalue weighted by molar-refractivity contribution is 6.11. The van der Waals surface area contributed by atoms with Crippen LogP contribution in [-0.2, 0) is 0 Å². The summed E-state index contributed by atoms with van der Waals surface area (Å²) in [6.07, 6.45) is 1.88. The number of hydrogen-bond acceptors (Lipinski definition) is 2. The lowest BCUT2D eigenvalue weighted by Crippen LogP contribution is -1.89. The van der Waals surface area contributed by atoms with Crippen LogP contribution in [0.25, 0.3) is 32.8 Å². The Balaban J connectivity index is 1.63. The van der Waals surface area contributed by atoms with Crippen molar-refractivity contribution in [1.82, 2.24) is 4.98 Å². The number of benzene rings is 4. The van der Waals surface area contributed by atoms with Gasteiger partial charge >= 0.3 is 0 Å². The predicted octanol–water partition coefficient (Wildman–Crippen LogP) is 6.85. The van der Waals surface area contributed by atoms with Gasteiger partial charge in [-0.15, -0.1) is 0 Å². The fourth-order valence-corrected chi connectivity index (χ4v) is 3.50. The van der Waals surface area contributed by atoms with Crippen LogP contribution in [0.2, 0.25) is 0 Å². The molecule has 4 aromatic carbocycles. The van der Waals surface area contributed by atoms with Crippen LogP contribution in [0.3, 0.4) is 0 Å². The number of aromatic nitrogens is 1. The first kappa shape index (κ1) is 15.6. The Hall–Kier alpha value is -3.65. The Morgan fingerprint density at radius 3 is 2.30 bits per heavy atom. The van der Waals surface area contributed by atoms with Crippen molar-refractivity contribution in [3.63, 3.8) is 0 Å². The highest BCUT2D eigenvalue weighted by Crippen LogP contribution is 2.33. The minimum atomic E-state index is 0.804. The van der Waals surface area contributed by atoms with Gasteiger partial charge in [-0.2, -0.15) is 0 Å². The van der Waals surface area contributed by atoms with E-state index < -0.39 is 0 Å². The smallest absolute Gasteiger partial charge is 0.128 e. The average molecular weight is 347 g/mol. The first-order chi connectivity index (χ1) is 13.4. The molecule has 0 saturated heterocycles. The summed E-state index contributed by atoms with van der Waals surface area (Å²) in [5.74, 6) is 1.63. The second-order valence-electron chi connectivity index (χ2n) is 6.48. The van der Waals surface area contributed by atoms with Gasteiger partial charge in [-0.1, -0.05) is 66.7 Å². The summed E-state index contributed by atoms with van der Waals surface area (Å²) < 4.78 is 6.00. The summed E-state index contributed by atoms with van der Waals surface area (Å²) in [6.45, 7) is 0. The molecular formula is C25H17NO. The Bertz CT molecular complexity index is 1250. The van der Waals surface area contributed by atoms with Crippen molar-refractivity contribution < 1.29 is 4.74 Å². The zero-order valence-electron chi connectivity index (χ0n) is 14.7. The molecule has 0 bridgehead atoms. The van der Waals surface area contributed by atoms with Gasteiger partial charge in [-0.25, -0.2) is 0 Å². The molecule has 0 aliphatic carbocycles. The summed E-state index contributed by atoms with van der Waals surface area (Å²) in [6, 6.07) is 32.8. The van der Waals surface area contributed by atoms with Crippen LogP contribution >= 0.6 is 0 Å². The summed E-state index contributed by atoms with van der Waals surface area (Å²) in [5.41, 5.74) is 2.01. The Morgan fingerprint density at radius 1 is 0.556 bits per heavy atom. The Kier molecular flexibility index (Phi) is 3.80. The van der Waals surface area contributed by atoms with Crippen LogP contribution < -0.4 is 4.74 Å². The summed E-state index contributed by atoms with van der Waals surface area (Å²) in [4.78, 5) is 4.68. The molecule has 0 amide bonds. The van der Waals surface area contributed by atoms with E-state index >= 15 is 0 Å². The Labute approximate surface area is 157 Å². The first-order valence-electron chi connectivity index (χ1n) is 8.98. The third kappa shape index (κ3) is 2.91. The Morgan fingerprint density at radius 2 is 1.37 bits per heavy atom.